The standard InChI is InChI=1S/C11H13F2N/c12-11(13)5-9(6-11)10-4-2-1-3-8(10)7-14/h1-4,9H,5-7,14H2. The van der Waals surface area contributed by atoms with Crippen LogP contribution in [0.2, 0.25) is 0 Å². The molecule has 1 nitrogen and oxygen atoms in total. The first-order valence-corrected chi connectivity index (χ1v) is 4.78. The van der Waals surface area contributed by atoms with Gasteiger partial charge in [-0.1, -0.05) is 24.3 Å². The van der Waals surface area contributed by atoms with Crippen molar-refractivity contribution in [3.63, 3.8) is 0 Å². The van der Waals surface area contributed by atoms with Crippen LogP contribution < -0.4 is 5.73 Å². The second-order valence-electron chi connectivity index (χ2n) is 3.86. The van der Waals surface area contributed by atoms with Gasteiger partial charge in [0.05, 0.1) is 0 Å². The molecule has 0 radical (unpaired) electrons. The zero-order valence-corrected chi connectivity index (χ0v) is 7.84. The molecule has 1 saturated carbocycles. The van der Waals surface area contributed by atoms with Crippen molar-refractivity contribution >= 4 is 0 Å². The van der Waals surface area contributed by atoms with Gasteiger partial charge in [-0.05, 0) is 17.0 Å². The van der Waals surface area contributed by atoms with Crippen LogP contribution in [-0.4, -0.2) is 5.92 Å². The van der Waals surface area contributed by atoms with E-state index >= 15 is 0 Å². The Labute approximate surface area is 81.9 Å². The highest BCUT2D eigenvalue weighted by Crippen LogP contribution is 2.48. The van der Waals surface area contributed by atoms with Crippen LogP contribution in [0.25, 0.3) is 0 Å². The number of halogens is 2. The van der Waals surface area contributed by atoms with E-state index in [2.05, 4.69) is 0 Å². The van der Waals surface area contributed by atoms with Crippen molar-refractivity contribution in [3.05, 3.63) is 35.4 Å². The van der Waals surface area contributed by atoms with E-state index in [0.29, 0.717) is 6.54 Å². The Hall–Kier alpha value is -0.960. The monoisotopic (exact) mass is 197 g/mol. The van der Waals surface area contributed by atoms with E-state index in [1.54, 1.807) is 0 Å². The number of nitrogens with two attached hydrogens (primary N) is 1. The Balaban J connectivity index is 2.18. The molecular weight excluding hydrogens is 184 g/mol. The van der Waals surface area contributed by atoms with Crippen LogP contribution in [-0.2, 0) is 6.54 Å². The first-order chi connectivity index (χ1) is 6.62. The van der Waals surface area contributed by atoms with Crippen LogP contribution in [0.5, 0.6) is 0 Å². The topological polar surface area (TPSA) is 26.0 Å². The van der Waals surface area contributed by atoms with Gasteiger partial charge in [-0.25, -0.2) is 8.78 Å². The molecule has 14 heavy (non-hydrogen) atoms. The first kappa shape index (κ1) is 9.59. The summed E-state index contributed by atoms with van der Waals surface area (Å²) in [5.74, 6) is -2.45. The quantitative estimate of drug-likeness (QED) is 0.775. The Morgan fingerprint density at radius 1 is 1.29 bits per heavy atom. The molecule has 2 N–H and O–H groups in total. The van der Waals surface area contributed by atoms with Crippen LogP contribution in [0.15, 0.2) is 24.3 Å². The highest BCUT2D eigenvalue weighted by atomic mass is 19.3. The fraction of sp³-hybridized carbons (Fsp3) is 0.455. The fourth-order valence-corrected chi connectivity index (χ4v) is 2.00. The van der Waals surface area contributed by atoms with Gasteiger partial charge in [0.25, 0.3) is 0 Å². The minimum absolute atomic E-state index is 0.00440. The molecule has 0 saturated heterocycles. The van der Waals surface area contributed by atoms with Crippen LogP contribution in [0.4, 0.5) is 8.78 Å². The maximum Gasteiger partial charge on any atom is 0.249 e. The fourth-order valence-electron chi connectivity index (χ4n) is 2.00. The predicted molar refractivity (Wildman–Crippen MR) is 51.3 cm³/mol. The zero-order chi connectivity index (χ0) is 10.2. The highest BCUT2D eigenvalue weighted by molar-refractivity contribution is 5.32. The summed E-state index contributed by atoms with van der Waals surface area (Å²) in [6.07, 6.45) is -0.0476. The number of benzene rings is 1. The lowest BCUT2D eigenvalue weighted by Crippen LogP contribution is -2.34. The van der Waals surface area contributed by atoms with E-state index in [0.717, 1.165) is 11.1 Å². The second kappa shape index (κ2) is 3.31. The van der Waals surface area contributed by atoms with Gasteiger partial charge in [-0.2, -0.15) is 0 Å². The summed E-state index contributed by atoms with van der Waals surface area (Å²) in [6, 6.07) is 7.58. The van der Waals surface area contributed by atoms with Crippen LogP contribution >= 0.6 is 0 Å². The summed E-state index contributed by atoms with van der Waals surface area (Å²) in [4.78, 5) is 0. The Kier molecular flexibility index (Phi) is 2.27. The molecule has 1 aliphatic carbocycles. The van der Waals surface area contributed by atoms with Crippen LogP contribution in [0, 0.1) is 0 Å². The van der Waals surface area contributed by atoms with Gasteiger partial charge in [0.15, 0.2) is 0 Å². The van der Waals surface area contributed by atoms with Crippen LogP contribution in [0.1, 0.15) is 29.9 Å². The smallest absolute Gasteiger partial charge is 0.249 e. The summed E-state index contributed by atoms with van der Waals surface area (Å²) in [5.41, 5.74) is 7.54. The normalized spacial score (nSPS) is 20.5. The molecule has 1 aromatic rings. The number of rotatable bonds is 2. The molecule has 1 aliphatic rings. The second-order valence-corrected chi connectivity index (χ2v) is 3.86. The minimum atomic E-state index is -2.45. The minimum Gasteiger partial charge on any atom is -0.326 e. The van der Waals surface area contributed by atoms with Crippen molar-refractivity contribution in [2.45, 2.75) is 31.2 Å². The van der Waals surface area contributed by atoms with Crippen molar-refractivity contribution in [2.24, 2.45) is 5.73 Å². The van der Waals surface area contributed by atoms with Gasteiger partial charge in [0.1, 0.15) is 0 Å². The Morgan fingerprint density at radius 2 is 1.93 bits per heavy atom. The molecule has 0 bridgehead atoms. The van der Waals surface area contributed by atoms with Gasteiger partial charge >= 0.3 is 0 Å². The molecule has 1 aromatic carbocycles. The van der Waals surface area contributed by atoms with Gasteiger partial charge in [-0.15, -0.1) is 0 Å². The Morgan fingerprint density at radius 3 is 2.50 bits per heavy atom. The van der Waals surface area contributed by atoms with Crippen LogP contribution in [0.3, 0.4) is 0 Å². The summed E-state index contributed by atoms with van der Waals surface area (Å²) < 4.78 is 25.4. The lowest BCUT2D eigenvalue weighted by atomic mass is 9.75. The molecule has 0 atom stereocenters. The molecule has 1 fully saturated rings. The molecule has 0 spiro atoms. The SMILES string of the molecule is NCc1ccccc1C1CC(F)(F)C1. The van der Waals surface area contributed by atoms with Crippen molar-refractivity contribution in [1.29, 1.82) is 0 Å². The molecule has 2 rings (SSSR count). The molecule has 0 aromatic heterocycles. The lowest BCUT2D eigenvalue weighted by molar-refractivity contribution is -0.0868. The van der Waals surface area contributed by atoms with E-state index in [1.807, 2.05) is 24.3 Å². The van der Waals surface area contributed by atoms with Crippen molar-refractivity contribution in [1.82, 2.24) is 0 Å². The Bertz CT molecular complexity index is 328. The number of hydrogen-bond acceptors (Lipinski definition) is 1. The lowest BCUT2D eigenvalue weighted by Gasteiger charge is -2.36. The summed E-state index contributed by atoms with van der Waals surface area (Å²) in [5, 5.41) is 0. The average Bonchev–Trinajstić information content (AvgIpc) is 2.14. The average molecular weight is 197 g/mol. The third-order valence-corrected chi connectivity index (χ3v) is 2.80. The van der Waals surface area contributed by atoms with Gasteiger partial charge in [0, 0.05) is 19.4 Å². The summed E-state index contributed by atoms with van der Waals surface area (Å²) in [7, 11) is 0. The summed E-state index contributed by atoms with van der Waals surface area (Å²) >= 11 is 0. The zero-order valence-electron chi connectivity index (χ0n) is 7.84. The van der Waals surface area contributed by atoms with E-state index in [1.165, 1.54) is 0 Å². The molecule has 0 unspecified atom stereocenters. The van der Waals surface area contributed by atoms with E-state index in [-0.39, 0.29) is 18.8 Å². The number of hydrogen-bond donors (Lipinski definition) is 1. The molecular formula is C11H13F2N. The van der Waals surface area contributed by atoms with E-state index < -0.39 is 5.92 Å². The highest BCUT2D eigenvalue weighted by Gasteiger charge is 2.46. The molecule has 0 aliphatic heterocycles. The van der Waals surface area contributed by atoms with Crippen molar-refractivity contribution in [3.8, 4) is 0 Å². The molecule has 0 amide bonds. The summed E-state index contributed by atoms with van der Waals surface area (Å²) in [6.45, 7) is 0.429. The maximum atomic E-state index is 12.7. The third-order valence-electron chi connectivity index (χ3n) is 2.80. The molecule has 3 heteroatoms. The number of alkyl halides is 2. The van der Waals surface area contributed by atoms with E-state index in [9.17, 15) is 8.78 Å². The van der Waals surface area contributed by atoms with Gasteiger partial charge in [0.2, 0.25) is 5.92 Å². The van der Waals surface area contributed by atoms with Gasteiger partial charge < -0.3 is 5.73 Å². The van der Waals surface area contributed by atoms with Gasteiger partial charge in [-0.3, -0.25) is 0 Å². The van der Waals surface area contributed by atoms with Crippen molar-refractivity contribution in [2.75, 3.05) is 0 Å². The van der Waals surface area contributed by atoms with Crippen molar-refractivity contribution < 1.29 is 8.78 Å². The molecule has 0 heterocycles. The third kappa shape index (κ3) is 1.64. The van der Waals surface area contributed by atoms with E-state index in [4.69, 9.17) is 5.73 Å². The molecule has 76 valence electrons. The first-order valence-electron chi connectivity index (χ1n) is 4.78. The predicted octanol–water partition coefficient (Wildman–Crippen LogP) is 2.66. The maximum absolute atomic E-state index is 12.7. The largest absolute Gasteiger partial charge is 0.326 e.